The molecule has 1 saturated carbocycles. The summed E-state index contributed by atoms with van der Waals surface area (Å²) in [5.74, 6) is 1.60. The predicted molar refractivity (Wildman–Crippen MR) is 98.8 cm³/mol. The molecule has 1 aromatic carbocycles. The maximum Gasteiger partial charge on any atom is 0.222 e. The number of hydrogen-bond donors (Lipinski definition) is 2. The average molecular weight is 358 g/mol. The van der Waals surface area contributed by atoms with E-state index in [0.29, 0.717) is 47.8 Å². The zero-order valence-electron chi connectivity index (χ0n) is 15.3. The summed E-state index contributed by atoms with van der Waals surface area (Å²) in [6.07, 6.45) is 6.01. The molecule has 1 aromatic heterocycles. The lowest BCUT2D eigenvalue weighted by Crippen LogP contribution is -2.26. The van der Waals surface area contributed by atoms with E-state index in [9.17, 15) is 9.18 Å². The molecule has 0 bridgehead atoms. The van der Waals surface area contributed by atoms with Gasteiger partial charge in [-0.05, 0) is 37.2 Å². The van der Waals surface area contributed by atoms with Crippen LogP contribution in [-0.2, 0) is 11.3 Å². The van der Waals surface area contributed by atoms with Gasteiger partial charge in [0, 0.05) is 25.1 Å². The molecule has 2 aromatic rings. The number of nitrogens with zero attached hydrogens (tertiary/aromatic N) is 2. The minimum atomic E-state index is -0.339. The number of rotatable bonds is 4. The number of aromatic nitrogens is 2. The van der Waals surface area contributed by atoms with Gasteiger partial charge in [-0.15, -0.1) is 0 Å². The summed E-state index contributed by atoms with van der Waals surface area (Å²) in [6.45, 7) is 3.30. The van der Waals surface area contributed by atoms with Crippen molar-refractivity contribution in [3.8, 4) is 0 Å². The van der Waals surface area contributed by atoms with E-state index in [0.717, 1.165) is 25.2 Å². The van der Waals surface area contributed by atoms with Crippen molar-refractivity contribution < 1.29 is 9.18 Å². The lowest BCUT2D eigenvalue weighted by atomic mass is 9.79. The van der Waals surface area contributed by atoms with Crippen LogP contribution in [0.15, 0.2) is 12.1 Å². The highest BCUT2D eigenvalue weighted by Crippen LogP contribution is 2.35. The quantitative estimate of drug-likeness (QED) is 0.876. The molecule has 0 radical (unpaired) electrons. The largest absolute Gasteiger partial charge is 0.341 e. The number of halogens is 1. The number of carbonyl (C=O) groups is 1. The Morgan fingerprint density at radius 2 is 2.12 bits per heavy atom. The number of amides is 1. The Morgan fingerprint density at radius 3 is 2.81 bits per heavy atom. The first kappa shape index (κ1) is 17.5. The van der Waals surface area contributed by atoms with Crippen LogP contribution in [-0.4, -0.2) is 27.3 Å². The van der Waals surface area contributed by atoms with Gasteiger partial charge in [-0.3, -0.25) is 4.79 Å². The number of benzene rings is 1. The molecule has 4 rings (SSSR count). The van der Waals surface area contributed by atoms with Crippen LogP contribution in [0.3, 0.4) is 0 Å². The van der Waals surface area contributed by atoms with Gasteiger partial charge in [0.1, 0.15) is 11.3 Å². The number of aromatic amines is 1. The smallest absolute Gasteiger partial charge is 0.222 e. The number of H-pyrrole nitrogens is 1. The molecule has 1 saturated heterocycles. The van der Waals surface area contributed by atoms with Crippen LogP contribution in [0.25, 0.3) is 11.0 Å². The van der Waals surface area contributed by atoms with Crippen molar-refractivity contribution in [2.75, 3.05) is 6.54 Å². The van der Waals surface area contributed by atoms with Crippen molar-refractivity contribution >= 4 is 16.9 Å². The fourth-order valence-corrected chi connectivity index (χ4v) is 4.33. The summed E-state index contributed by atoms with van der Waals surface area (Å²) >= 11 is 0. The summed E-state index contributed by atoms with van der Waals surface area (Å²) in [5.41, 5.74) is 7.98. The van der Waals surface area contributed by atoms with Crippen LogP contribution in [0, 0.1) is 17.7 Å². The summed E-state index contributed by atoms with van der Waals surface area (Å²) in [4.78, 5) is 21.2. The third-order valence-electron chi connectivity index (χ3n) is 6.11. The first-order valence-corrected chi connectivity index (χ1v) is 9.73. The second kappa shape index (κ2) is 6.99. The predicted octanol–water partition coefficient (Wildman–Crippen LogP) is 3.65. The van der Waals surface area contributed by atoms with Gasteiger partial charge in [0.15, 0.2) is 5.82 Å². The maximum absolute atomic E-state index is 15.0. The first-order valence-electron chi connectivity index (χ1n) is 9.73. The van der Waals surface area contributed by atoms with E-state index >= 15 is 0 Å². The Balaban J connectivity index is 1.57. The van der Waals surface area contributed by atoms with E-state index < -0.39 is 0 Å². The van der Waals surface area contributed by atoms with Crippen molar-refractivity contribution in [2.45, 2.75) is 58.0 Å². The van der Waals surface area contributed by atoms with E-state index in [-0.39, 0.29) is 17.8 Å². The number of imidazole rings is 1. The molecule has 3 N–H and O–H groups in total. The number of fused-ring (bicyclic) bond motifs is 1. The van der Waals surface area contributed by atoms with Gasteiger partial charge in [0.2, 0.25) is 5.91 Å². The normalized spacial score (nSPS) is 25.2. The lowest BCUT2D eigenvalue weighted by molar-refractivity contribution is -0.128. The molecule has 26 heavy (non-hydrogen) atoms. The van der Waals surface area contributed by atoms with Crippen molar-refractivity contribution in [3.05, 3.63) is 29.3 Å². The molecular weight excluding hydrogens is 331 g/mol. The zero-order chi connectivity index (χ0) is 18.3. The fraction of sp³-hybridized carbons (Fsp3) is 0.600. The number of carbonyl (C=O) groups excluding carboxylic acids is 1. The molecule has 1 aliphatic carbocycles. The van der Waals surface area contributed by atoms with Crippen molar-refractivity contribution in [1.82, 2.24) is 14.9 Å². The molecule has 140 valence electrons. The molecule has 1 unspecified atom stereocenters. The Kier molecular flexibility index (Phi) is 4.69. The van der Waals surface area contributed by atoms with E-state index in [1.807, 2.05) is 6.07 Å². The van der Waals surface area contributed by atoms with Crippen LogP contribution in [0.5, 0.6) is 0 Å². The topological polar surface area (TPSA) is 75.0 Å². The van der Waals surface area contributed by atoms with E-state index in [1.165, 1.54) is 12.8 Å². The molecule has 0 spiro atoms. The molecule has 2 fully saturated rings. The highest BCUT2D eigenvalue weighted by atomic mass is 19.1. The van der Waals surface area contributed by atoms with E-state index in [1.54, 1.807) is 11.0 Å². The summed E-state index contributed by atoms with van der Waals surface area (Å²) in [6, 6.07) is 3.41. The molecule has 2 heterocycles. The summed E-state index contributed by atoms with van der Waals surface area (Å²) < 4.78 is 15.0. The third kappa shape index (κ3) is 3.22. The van der Waals surface area contributed by atoms with Crippen LogP contribution >= 0.6 is 0 Å². The van der Waals surface area contributed by atoms with Crippen molar-refractivity contribution in [2.24, 2.45) is 17.6 Å². The number of nitrogens with one attached hydrogen (secondary N) is 1. The molecule has 2 aliphatic rings. The molecule has 5 nitrogen and oxygen atoms in total. The van der Waals surface area contributed by atoms with Gasteiger partial charge in [0.05, 0.1) is 11.6 Å². The van der Waals surface area contributed by atoms with Crippen LogP contribution in [0.4, 0.5) is 4.39 Å². The highest BCUT2D eigenvalue weighted by Gasteiger charge is 2.27. The minimum absolute atomic E-state index is 0.0979. The van der Waals surface area contributed by atoms with Crippen molar-refractivity contribution in [1.29, 1.82) is 0 Å². The Morgan fingerprint density at radius 1 is 1.35 bits per heavy atom. The van der Waals surface area contributed by atoms with E-state index in [4.69, 9.17) is 5.73 Å². The summed E-state index contributed by atoms with van der Waals surface area (Å²) in [7, 11) is 0. The average Bonchev–Trinajstić information content (AvgIpc) is 3.24. The minimum Gasteiger partial charge on any atom is -0.341 e. The Hall–Kier alpha value is -1.95. The Bertz CT molecular complexity index is 809. The molecular formula is C20H27FN4O. The monoisotopic (exact) mass is 358 g/mol. The van der Waals surface area contributed by atoms with Gasteiger partial charge in [0.25, 0.3) is 0 Å². The van der Waals surface area contributed by atoms with Gasteiger partial charge in [-0.25, -0.2) is 9.37 Å². The second-order valence-corrected chi connectivity index (χ2v) is 8.02. The molecule has 1 aliphatic heterocycles. The molecule has 1 atom stereocenters. The van der Waals surface area contributed by atoms with Gasteiger partial charge < -0.3 is 15.6 Å². The summed E-state index contributed by atoms with van der Waals surface area (Å²) in [5, 5.41) is 0. The van der Waals surface area contributed by atoms with Crippen LogP contribution < -0.4 is 5.73 Å². The second-order valence-electron chi connectivity index (χ2n) is 8.02. The fourth-order valence-electron chi connectivity index (χ4n) is 4.33. The van der Waals surface area contributed by atoms with Gasteiger partial charge in [-0.1, -0.05) is 25.8 Å². The van der Waals surface area contributed by atoms with Crippen LogP contribution in [0.1, 0.15) is 62.9 Å². The number of nitrogens with two attached hydrogens (primary N) is 1. The number of hydrogen-bond acceptors (Lipinski definition) is 3. The first-order chi connectivity index (χ1) is 12.5. The molecule has 1 amide bonds. The lowest BCUT2D eigenvalue weighted by Gasteiger charge is -2.29. The standard InChI is InChI=1S/C20H27FN4O/c1-12-4-6-13(7-5-12)18(22)20-23-15-9-8-14(17(21)19(15)24-20)11-25-10-2-3-16(25)26/h8-9,12-13,18H,2-7,10-11,22H2,1H3,(H,23,24). The van der Waals surface area contributed by atoms with E-state index in [2.05, 4.69) is 16.9 Å². The molecule has 6 heteroatoms. The zero-order valence-corrected chi connectivity index (χ0v) is 15.3. The maximum atomic E-state index is 15.0. The number of likely N-dealkylation sites (tertiary alicyclic amines) is 1. The van der Waals surface area contributed by atoms with Crippen molar-refractivity contribution in [3.63, 3.8) is 0 Å². The van der Waals surface area contributed by atoms with Gasteiger partial charge in [-0.2, -0.15) is 0 Å². The highest BCUT2D eigenvalue weighted by molar-refractivity contribution is 5.79. The SMILES string of the molecule is CC1CCC(C(N)c2nc3c(F)c(CN4CCCC4=O)ccc3[nH]2)CC1. The van der Waals surface area contributed by atoms with Gasteiger partial charge >= 0.3 is 0 Å². The third-order valence-corrected chi connectivity index (χ3v) is 6.11. The Labute approximate surface area is 153 Å². The van der Waals surface area contributed by atoms with Crippen LogP contribution in [0.2, 0.25) is 0 Å².